The van der Waals surface area contributed by atoms with Crippen molar-refractivity contribution in [3.63, 3.8) is 0 Å². The van der Waals surface area contributed by atoms with E-state index in [1.54, 1.807) is 55.6 Å². The van der Waals surface area contributed by atoms with E-state index in [1.165, 1.54) is 5.56 Å². The van der Waals surface area contributed by atoms with Gasteiger partial charge in [0.2, 0.25) is 11.8 Å². The Kier molecular flexibility index (Phi) is 19.5. The first-order chi connectivity index (χ1) is 39.4. The van der Waals surface area contributed by atoms with Crippen LogP contribution < -0.4 is 46.9 Å². The summed E-state index contributed by atoms with van der Waals surface area (Å²) in [5.41, 5.74) is 20.0. The highest BCUT2D eigenvalue weighted by Crippen LogP contribution is 2.37. The summed E-state index contributed by atoms with van der Waals surface area (Å²) in [6.07, 6.45) is 10.3. The highest BCUT2D eigenvalue weighted by Gasteiger charge is 2.30. The minimum Gasteiger partial charge on any atom is -0.497 e. The van der Waals surface area contributed by atoms with Crippen LogP contribution in [-0.2, 0) is 55.0 Å². The molecule has 0 saturated heterocycles. The first-order valence-corrected chi connectivity index (χ1v) is 27.5. The van der Waals surface area contributed by atoms with E-state index < -0.39 is 35.7 Å². The van der Waals surface area contributed by atoms with E-state index in [4.69, 9.17) is 48.9 Å². The predicted octanol–water partition coefficient (Wildman–Crippen LogP) is 8.25. The molecule has 0 aliphatic carbocycles. The number of rotatable bonds is 22. The Morgan fingerprint density at radius 3 is 1.59 bits per heavy atom. The molecule has 0 saturated carbocycles. The first-order valence-electron chi connectivity index (χ1n) is 26.7. The molecule has 4 amide bonds. The van der Waals surface area contributed by atoms with Crippen molar-refractivity contribution in [1.82, 2.24) is 40.4 Å². The fourth-order valence-corrected chi connectivity index (χ4v) is 10.2. The average Bonchev–Trinajstić information content (AvgIpc) is 4.27. The zero-order chi connectivity index (χ0) is 56.7. The summed E-state index contributed by atoms with van der Waals surface area (Å²) in [5, 5.41) is 14.0. The van der Waals surface area contributed by atoms with E-state index in [2.05, 4.69) is 70.7 Å². The number of benzene rings is 6. The number of amides is 4. The highest BCUT2D eigenvalue weighted by atomic mass is 35.5. The Labute approximate surface area is 480 Å². The van der Waals surface area contributed by atoms with E-state index in [-0.39, 0.29) is 24.9 Å². The van der Waals surface area contributed by atoms with Gasteiger partial charge in [-0.05, 0) is 77.2 Å². The smallest absolute Gasteiger partial charge is 0.255 e. The molecule has 19 heteroatoms. The van der Waals surface area contributed by atoms with Crippen LogP contribution >= 0.6 is 23.2 Å². The summed E-state index contributed by atoms with van der Waals surface area (Å²) in [7, 11) is 1.66. The van der Waals surface area contributed by atoms with Gasteiger partial charge in [-0.1, -0.05) is 114 Å². The largest absolute Gasteiger partial charge is 0.497 e. The highest BCUT2D eigenvalue weighted by molar-refractivity contribution is 6.30. The molecule has 81 heavy (non-hydrogen) atoms. The zero-order valence-electron chi connectivity index (χ0n) is 44.7. The number of fused-ring (bicyclic) bond motifs is 2. The number of methoxy groups -OCH3 is 1. The third kappa shape index (κ3) is 15.3. The van der Waals surface area contributed by atoms with Crippen LogP contribution in [0.2, 0.25) is 10.0 Å². The molecule has 418 valence electrons. The van der Waals surface area contributed by atoms with Crippen molar-refractivity contribution < 1.29 is 33.4 Å². The maximum Gasteiger partial charge on any atom is 0.255 e. The number of carbonyl (C=O) groups is 4. The quantitative estimate of drug-likeness (QED) is 0.0378. The van der Waals surface area contributed by atoms with Crippen molar-refractivity contribution in [3.8, 4) is 17.2 Å². The Balaban J connectivity index is 0.000000196. The molecule has 0 fully saturated rings. The number of hydrogen-bond donors (Lipinski definition) is 6. The van der Waals surface area contributed by atoms with Gasteiger partial charge in [0.25, 0.3) is 11.8 Å². The zero-order valence-corrected chi connectivity index (χ0v) is 46.2. The molecule has 8 N–H and O–H groups in total. The van der Waals surface area contributed by atoms with Crippen LogP contribution in [-0.4, -0.2) is 75.1 Å². The monoisotopic (exact) mass is 1130 g/mol. The summed E-state index contributed by atoms with van der Waals surface area (Å²) in [5.74, 6) is -0.218. The Morgan fingerprint density at radius 2 is 1.09 bits per heavy atom. The van der Waals surface area contributed by atoms with Crippen LogP contribution in [0.3, 0.4) is 0 Å². The lowest BCUT2D eigenvalue weighted by Crippen LogP contribution is -2.46. The normalized spacial score (nSPS) is 15.0. The Morgan fingerprint density at radius 1 is 0.605 bits per heavy atom. The second-order valence-electron chi connectivity index (χ2n) is 19.8. The van der Waals surface area contributed by atoms with Crippen LogP contribution in [0.25, 0.3) is 0 Å². The topological polar surface area (TPSA) is 232 Å². The molecular formula is C62H64Cl2N10O7. The second-order valence-corrected chi connectivity index (χ2v) is 20.7. The van der Waals surface area contributed by atoms with Crippen LogP contribution in [0, 0.1) is 0 Å². The van der Waals surface area contributed by atoms with Crippen LogP contribution in [0.5, 0.6) is 17.2 Å². The lowest BCUT2D eigenvalue weighted by Gasteiger charge is -2.28. The van der Waals surface area contributed by atoms with Crippen molar-refractivity contribution in [3.05, 3.63) is 231 Å². The van der Waals surface area contributed by atoms with Crippen molar-refractivity contribution in [2.75, 3.05) is 20.3 Å². The standard InChI is InChI=1S/C31H32ClN5O4.C31H32ClN5O3/c1-40-24-5-2-4-21(14-24)18-37-19-34-16-23(37)17-35-27-12-13-41-29-25(27)6-3-7-26(29)31(39)36-28(30(33)38)15-20-8-10-22(32)11-9-20;32-23-11-9-22(10-12-23)17-28(30(33)38)36-31(39)26-8-4-7-25-27(14-16-40-29(25)26)35-19-24-18-34-20-37(24)15-13-21-5-2-1-3-6-21/h2-11,14,16,19,27-28,35H,12-13,15,17-18H2,1H3,(H2,33,38)(H,36,39);1-12,18,20,27-28,35H,13-17,19H2,(H2,33,38)(H,36,39)/t2*27?,28-/m00/s1. The number of hydrogen-bond acceptors (Lipinski definition) is 11. The van der Waals surface area contributed by atoms with Gasteiger partial charge >= 0.3 is 0 Å². The molecule has 17 nitrogen and oxygen atoms in total. The van der Waals surface area contributed by atoms with Gasteiger partial charge in [0, 0.05) is 97.5 Å². The van der Waals surface area contributed by atoms with Crippen molar-refractivity contribution >= 4 is 46.8 Å². The number of nitrogens with two attached hydrogens (primary N) is 2. The predicted molar refractivity (Wildman–Crippen MR) is 310 cm³/mol. The number of nitrogens with zero attached hydrogens (tertiary/aromatic N) is 4. The molecule has 10 rings (SSSR count). The molecule has 4 heterocycles. The maximum absolute atomic E-state index is 13.3. The van der Waals surface area contributed by atoms with Gasteiger partial charge in [-0.3, -0.25) is 19.2 Å². The van der Waals surface area contributed by atoms with E-state index in [0.29, 0.717) is 65.5 Å². The number of imidazole rings is 2. The molecule has 0 spiro atoms. The van der Waals surface area contributed by atoms with Gasteiger partial charge < -0.3 is 56.1 Å². The van der Waals surface area contributed by atoms with Gasteiger partial charge in [0.1, 0.15) is 29.3 Å². The summed E-state index contributed by atoms with van der Waals surface area (Å²) < 4.78 is 21.6. The molecule has 2 aliphatic heterocycles. The third-order valence-corrected chi connectivity index (χ3v) is 14.8. The molecule has 2 aromatic heterocycles. The number of aromatic nitrogens is 4. The SMILES string of the molecule is COc1cccc(Cn2cncc2CNC2CCOc3c(C(=O)N[C@@H](Cc4ccc(Cl)cc4)C(N)=O)cccc32)c1.NC(=O)[C@H](Cc1ccc(Cl)cc1)NC(=O)c1cccc2c1OCCC2NCc1cncn1CCc1ccccc1. The minimum atomic E-state index is -0.887. The van der Waals surface area contributed by atoms with E-state index >= 15 is 0 Å². The fourth-order valence-electron chi connectivity index (χ4n) is 9.91. The van der Waals surface area contributed by atoms with Crippen molar-refractivity contribution in [1.29, 1.82) is 0 Å². The molecule has 6 aromatic carbocycles. The Hall–Kier alpha value is -8.48. The molecule has 2 aliphatic rings. The number of ether oxygens (including phenoxy) is 3. The molecule has 0 radical (unpaired) electrons. The van der Waals surface area contributed by atoms with Crippen LogP contribution in [0.1, 0.15) is 90.4 Å². The van der Waals surface area contributed by atoms with Crippen molar-refractivity contribution in [2.45, 2.75) is 82.5 Å². The minimum absolute atomic E-state index is 0.00465. The molecule has 4 atom stereocenters. The fraction of sp³-hybridized carbons (Fsp3) is 0.258. The van der Waals surface area contributed by atoms with E-state index in [0.717, 1.165) is 70.8 Å². The van der Waals surface area contributed by atoms with Gasteiger partial charge in [-0.15, -0.1) is 0 Å². The van der Waals surface area contributed by atoms with Gasteiger partial charge in [0.05, 0.1) is 55.5 Å². The number of halogens is 2. The van der Waals surface area contributed by atoms with Gasteiger partial charge in [-0.2, -0.15) is 0 Å². The first kappa shape index (κ1) is 57.2. The second kappa shape index (κ2) is 27.6. The van der Waals surface area contributed by atoms with Gasteiger partial charge in [-0.25, -0.2) is 9.97 Å². The maximum atomic E-state index is 13.3. The Bertz CT molecular complexity index is 3430. The number of carbonyl (C=O) groups excluding carboxylic acids is 4. The number of nitrogens with one attached hydrogen (secondary N) is 4. The van der Waals surface area contributed by atoms with E-state index in [9.17, 15) is 19.2 Å². The number of primary amides is 2. The average molecular weight is 1130 g/mol. The summed E-state index contributed by atoms with van der Waals surface area (Å²) in [6.45, 7) is 3.62. The van der Waals surface area contributed by atoms with Crippen LogP contribution in [0.4, 0.5) is 0 Å². The lowest BCUT2D eigenvalue weighted by molar-refractivity contribution is -0.120. The summed E-state index contributed by atoms with van der Waals surface area (Å²) in [6, 6.07) is 41.7. The summed E-state index contributed by atoms with van der Waals surface area (Å²) >= 11 is 11.9. The third-order valence-electron chi connectivity index (χ3n) is 14.3. The number of aryl methyl sites for hydroxylation is 2. The lowest BCUT2D eigenvalue weighted by atomic mass is 9.96. The van der Waals surface area contributed by atoms with Gasteiger partial charge in [0.15, 0.2) is 0 Å². The molecule has 8 aromatic rings. The number of para-hydroxylation sites is 2. The van der Waals surface area contributed by atoms with Crippen LogP contribution in [0.15, 0.2) is 165 Å². The summed E-state index contributed by atoms with van der Waals surface area (Å²) in [4.78, 5) is 59.7. The van der Waals surface area contributed by atoms with E-state index in [1.807, 2.05) is 85.7 Å². The van der Waals surface area contributed by atoms with Crippen molar-refractivity contribution in [2.24, 2.45) is 11.5 Å². The molecule has 2 unspecified atom stereocenters. The molecular weight excluding hydrogens is 1070 g/mol. The molecule has 0 bridgehead atoms.